The van der Waals surface area contributed by atoms with Gasteiger partial charge in [0.1, 0.15) is 0 Å². The van der Waals surface area contributed by atoms with Crippen molar-refractivity contribution in [3.63, 3.8) is 0 Å². The van der Waals surface area contributed by atoms with Crippen LogP contribution in [0, 0.1) is 0 Å². The van der Waals surface area contributed by atoms with Gasteiger partial charge in [0, 0.05) is 24.0 Å². The zero-order chi connectivity index (χ0) is 16.0. The first kappa shape index (κ1) is 16.3. The van der Waals surface area contributed by atoms with Crippen molar-refractivity contribution < 1.29 is 13.2 Å². The number of rotatable bonds is 7. The van der Waals surface area contributed by atoms with Crippen LogP contribution in [-0.4, -0.2) is 25.7 Å². The van der Waals surface area contributed by atoms with E-state index in [0.717, 1.165) is 5.69 Å². The molecule has 1 aromatic carbocycles. The molecule has 0 fully saturated rings. The lowest BCUT2D eigenvalue weighted by atomic mass is 10.2. The van der Waals surface area contributed by atoms with Crippen molar-refractivity contribution in [3.05, 3.63) is 59.9 Å². The predicted octanol–water partition coefficient (Wildman–Crippen LogP) is 2.20. The monoisotopic (exact) mass is 318 g/mol. The quantitative estimate of drug-likeness (QED) is 0.627. The number of hydrogen-bond acceptors (Lipinski definition) is 4. The van der Waals surface area contributed by atoms with Gasteiger partial charge < -0.3 is 0 Å². The van der Waals surface area contributed by atoms with Gasteiger partial charge in [0.05, 0.1) is 4.90 Å². The minimum Gasteiger partial charge on any atom is -0.295 e. The number of ketones is 1. The van der Waals surface area contributed by atoms with Gasteiger partial charge >= 0.3 is 0 Å². The molecule has 0 amide bonds. The maximum Gasteiger partial charge on any atom is 0.240 e. The molecule has 1 aromatic heterocycles. The molecule has 0 aliphatic rings. The molecule has 2 rings (SSSR count). The Hall–Kier alpha value is -2.05. The summed E-state index contributed by atoms with van der Waals surface area (Å²) in [5.41, 5.74) is 1.32. The van der Waals surface area contributed by atoms with Crippen LogP contribution in [0.3, 0.4) is 0 Å². The Kier molecular flexibility index (Phi) is 5.41. The number of benzene rings is 1. The van der Waals surface area contributed by atoms with E-state index in [4.69, 9.17) is 0 Å². The molecule has 0 unspecified atom stereocenters. The normalized spacial score (nSPS) is 11.3. The van der Waals surface area contributed by atoms with E-state index in [1.807, 2.05) is 18.2 Å². The van der Waals surface area contributed by atoms with Crippen molar-refractivity contribution in [1.82, 2.24) is 9.71 Å². The third-order valence-electron chi connectivity index (χ3n) is 3.18. The Morgan fingerprint density at radius 3 is 2.68 bits per heavy atom. The molecule has 0 spiro atoms. The minimum absolute atomic E-state index is 0.109. The zero-order valence-corrected chi connectivity index (χ0v) is 13.1. The Morgan fingerprint density at radius 2 is 2.00 bits per heavy atom. The van der Waals surface area contributed by atoms with Gasteiger partial charge in [0.2, 0.25) is 10.0 Å². The smallest absolute Gasteiger partial charge is 0.240 e. The van der Waals surface area contributed by atoms with Gasteiger partial charge in [-0.25, -0.2) is 13.1 Å². The number of carbonyl (C=O) groups excluding carboxylic acids is 1. The summed E-state index contributed by atoms with van der Waals surface area (Å²) in [6, 6.07) is 11.7. The minimum atomic E-state index is -3.59. The zero-order valence-electron chi connectivity index (χ0n) is 12.3. The summed E-state index contributed by atoms with van der Waals surface area (Å²) in [7, 11) is -3.59. The fraction of sp³-hybridized carbons (Fsp3) is 0.250. The standard InChI is InChI=1S/C16H18N2O3S/c1-13(19)14-6-4-9-16(12-14)22(20,21)18-11-5-8-15-7-2-3-10-17-15/h2-4,6-7,9-10,12,18H,5,8,11H2,1H3. The molecule has 0 saturated carbocycles. The van der Waals surface area contributed by atoms with Crippen LogP contribution in [0.4, 0.5) is 0 Å². The van der Waals surface area contributed by atoms with Crippen LogP contribution in [0.5, 0.6) is 0 Å². The van der Waals surface area contributed by atoms with E-state index in [1.165, 1.54) is 19.1 Å². The molecule has 22 heavy (non-hydrogen) atoms. The van der Waals surface area contributed by atoms with Crippen molar-refractivity contribution in [1.29, 1.82) is 0 Å². The van der Waals surface area contributed by atoms with Gasteiger partial charge in [-0.2, -0.15) is 0 Å². The largest absolute Gasteiger partial charge is 0.295 e. The van der Waals surface area contributed by atoms with Crippen molar-refractivity contribution in [2.75, 3.05) is 6.54 Å². The molecule has 5 nitrogen and oxygen atoms in total. The van der Waals surface area contributed by atoms with Crippen molar-refractivity contribution in [2.45, 2.75) is 24.7 Å². The van der Waals surface area contributed by atoms with Crippen LogP contribution in [0.15, 0.2) is 53.6 Å². The fourth-order valence-corrected chi connectivity index (χ4v) is 3.11. The van der Waals surface area contributed by atoms with E-state index in [-0.39, 0.29) is 10.7 Å². The van der Waals surface area contributed by atoms with E-state index >= 15 is 0 Å². The lowest BCUT2D eigenvalue weighted by Crippen LogP contribution is -2.25. The van der Waals surface area contributed by atoms with Crippen LogP contribution >= 0.6 is 0 Å². The van der Waals surface area contributed by atoms with E-state index in [0.29, 0.717) is 24.9 Å². The number of aromatic nitrogens is 1. The molecule has 0 bridgehead atoms. The number of carbonyl (C=O) groups is 1. The maximum atomic E-state index is 12.2. The first-order valence-corrected chi connectivity index (χ1v) is 8.48. The van der Waals surface area contributed by atoms with Crippen molar-refractivity contribution in [3.8, 4) is 0 Å². The maximum absolute atomic E-state index is 12.2. The summed E-state index contributed by atoms with van der Waals surface area (Å²) < 4.78 is 26.9. The first-order valence-electron chi connectivity index (χ1n) is 6.99. The molecule has 0 aliphatic carbocycles. The van der Waals surface area contributed by atoms with Crippen LogP contribution in [0.25, 0.3) is 0 Å². The summed E-state index contributed by atoms with van der Waals surface area (Å²) in [6.45, 7) is 1.73. The molecule has 0 saturated heterocycles. The van der Waals surface area contributed by atoms with Gasteiger partial charge in [0.15, 0.2) is 5.78 Å². The SMILES string of the molecule is CC(=O)c1cccc(S(=O)(=O)NCCCc2ccccn2)c1. The Labute approximate surface area is 130 Å². The highest BCUT2D eigenvalue weighted by Gasteiger charge is 2.14. The summed E-state index contributed by atoms with van der Waals surface area (Å²) in [5.74, 6) is -0.160. The number of pyridine rings is 1. The van der Waals surface area contributed by atoms with Crippen LogP contribution in [0.1, 0.15) is 29.4 Å². The van der Waals surface area contributed by atoms with E-state index in [2.05, 4.69) is 9.71 Å². The van der Waals surface area contributed by atoms with Crippen LogP contribution in [-0.2, 0) is 16.4 Å². The van der Waals surface area contributed by atoms with E-state index in [1.54, 1.807) is 18.3 Å². The number of nitrogens with one attached hydrogen (secondary N) is 1. The number of nitrogens with zero attached hydrogens (tertiary/aromatic N) is 1. The van der Waals surface area contributed by atoms with Crippen molar-refractivity contribution >= 4 is 15.8 Å². The third-order valence-corrected chi connectivity index (χ3v) is 4.64. The fourth-order valence-electron chi connectivity index (χ4n) is 1.99. The molecule has 0 atom stereocenters. The van der Waals surface area contributed by atoms with Crippen LogP contribution in [0.2, 0.25) is 0 Å². The average molecular weight is 318 g/mol. The Balaban J connectivity index is 1.94. The molecule has 116 valence electrons. The molecular formula is C16H18N2O3S. The van der Waals surface area contributed by atoms with Crippen LogP contribution < -0.4 is 4.72 Å². The highest BCUT2D eigenvalue weighted by molar-refractivity contribution is 7.89. The predicted molar refractivity (Wildman–Crippen MR) is 84.2 cm³/mol. The molecule has 0 aliphatic heterocycles. The second kappa shape index (κ2) is 7.29. The number of aryl methyl sites for hydroxylation is 1. The average Bonchev–Trinajstić information content (AvgIpc) is 2.53. The molecule has 0 radical (unpaired) electrons. The second-order valence-electron chi connectivity index (χ2n) is 4.91. The number of hydrogen-bond donors (Lipinski definition) is 1. The molecule has 1 heterocycles. The van der Waals surface area contributed by atoms with E-state index in [9.17, 15) is 13.2 Å². The summed E-state index contributed by atoms with van der Waals surface area (Å²) >= 11 is 0. The topological polar surface area (TPSA) is 76.1 Å². The summed E-state index contributed by atoms with van der Waals surface area (Å²) in [5, 5.41) is 0. The summed E-state index contributed by atoms with van der Waals surface area (Å²) in [4.78, 5) is 15.6. The van der Waals surface area contributed by atoms with Gasteiger partial charge in [-0.05, 0) is 44.0 Å². The lowest BCUT2D eigenvalue weighted by molar-refractivity contribution is 0.101. The van der Waals surface area contributed by atoms with Gasteiger partial charge in [-0.3, -0.25) is 9.78 Å². The van der Waals surface area contributed by atoms with Gasteiger partial charge in [0.25, 0.3) is 0 Å². The Bertz CT molecular complexity index is 743. The van der Waals surface area contributed by atoms with Gasteiger partial charge in [-0.1, -0.05) is 18.2 Å². The number of Topliss-reactive ketones (excluding diaryl/α,β-unsaturated/α-hetero) is 1. The summed E-state index contributed by atoms with van der Waals surface area (Å²) in [6.07, 6.45) is 3.08. The molecule has 1 N–H and O–H groups in total. The van der Waals surface area contributed by atoms with Gasteiger partial charge in [-0.15, -0.1) is 0 Å². The molecular weight excluding hydrogens is 300 g/mol. The third kappa shape index (κ3) is 4.47. The highest BCUT2D eigenvalue weighted by atomic mass is 32.2. The number of sulfonamides is 1. The molecule has 2 aromatic rings. The Morgan fingerprint density at radius 1 is 1.18 bits per heavy atom. The highest BCUT2D eigenvalue weighted by Crippen LogP contribution is 2.12. The molecule has 6 heteroatoms. The van der Waals surface area contributed by atoms with Crippen molar-refractivity contribution in [2.24, 2.45) is 0 Å². The lowest BCUT2D eigenvalue weighted by Gasteiger charge is -2.07. The first-order chi connectivity index (χ1) is 10.5. The van der Waals surface area contributed by atoms with E-state index < -0.39 is 10.0 Å². The second-order valence-corrected chi connectivity index (χ2v) is 6.67.